The number of carbonyl (C=O) groups is 2. The molecule has 0 spiro atoms. The van der Waals surface area contributed by atoms with Gasteiger partial charge in [-0.1, -0.05) is 42.5 Å². The molecule has 0 aromatic heterocycles. The van der Waals surface area contributed by atoms with E-state index in [0.717, 1.165) is 20.8 Å². The average molecular weight is 443 g/mol. The van der Waals surface area contributed by atoms with Gasteiger partial charge < -0.3 is 9.47 Å². The van der Waals surface area contributed by atoms with Crippen molar-refractivity contribution in [1.82, 2.24) is 10.9 Å². The molecule has 0 saturated heterocycles. The molecule has 28 heavy (non-hydrogen) atoms. The number of hydrazine groups is 1. The molecule has 0 bridgehead atoms. The molecule has 0 fully saturated rings. The third-order valence-corrected chi connectivity index (χ3v) is 4.52. The van der Waals surface area contributed by atoms with Crippen LogP contribution in [0.1, 0.15) is 5.56 Å². The van der Waals surface area contributed by atoms with Gasteiger partial charge in [0.25, 0.3) is 11.8 Å². The minimum absolute atomic E-state index is 0.224. The Morgan fingerprint density at radius 1 is 0.857 bits per heavy atom. The van der Waals surface area contributed by atoms with Crippen LogP contribution in [0.2, 0.25) is 0 Å². The Balaban J connectivity index is 1.44. The average Bonchev–Trinajstić information content (AvgIpc) is 2.70. The van der Waals surface area contributed by atoms with Crippen molar-refractivity contribution in [3.63, 3.8) is 0 Å². The van der Waals surface area contributed by atoms with Crippen molar-refractivity contribution in [1.29, 1.82) is 0 Å². The van der Waals surface area contributed by atoms with Crippen LogP contribution in [0.4, 0.5) is 0 Å². The topological polar surface area (TPSA) is 76.7 Å². The molecule has 2 amide bonds. The van der Waals surface area contributed by atoms with Crippen molar-refractivity contribution in [2.45, 2.75) is 6.92 Å². The lowest BCUT2D eigenvalue weighted by Gasteiger charge is -2.11. The number of benzene rings is 3. The highest BCUT2D eigenvalue weighted by Gasteiger charge is 2.09. The Labute approximate surface area is 170 Å². The van der Waals surface area contributed by atoms with Gasteiger partial charge in [-0.15, -0.1) is 0 Å². The first-order chi connectivity index (χ1) is 13.5. The van der Waals surface area contributed by atoms with Gasteiger partial charge in [-0.3, -0.25) is 20.4 Å². The summed E-state index contributed by atoms with van der Waals surface area (Å²) in [7, 11) is 0. The number of carbonyl (C=O) groups excluding carboxylic acids is 2. The Kier molecular flexibility index (Phi) is 6.49. The van der Waals surface area contributed by atoms with Gasteiger partial charge in [0, 0.05) is 5.39 Å². The number of halogens is 1. The highest BCUT2D eigenvalue weighted by molar-refractivity contribution is 9.10. The first kappa shape index (κ1) is 19.7. The fourth-order valence-electron chi connectivity index (χ4n) is 2.54. The number of hydrogen-bond acceptors (Lipinski definition) is 4. The highest BCUT2D eigenvalue weighted by atomic mass is 79.9. The zero-order chi connectivity index (χ0) is 19.9. The van der Waals surface area contributed by atoms with E-state index in [2.05, 4.69) is 26.8 Å². The summed E-state index contributed by atoms with van der Waals surface area (Å²) in [6.07, 6.45) is 0. The summed E-state index contributed by atoms with van der Waals surface area (Å²) in [4.78, 5) is 23.8. The molecule has 0 radical (unpaired) electrons. The van der Waals surface area contributed by atoms with Gasteiger partial charge in [-0.2, -0.15) is 0 Å². The molecule has 0 heterocycles. The molecular weight excluding hydrogens is 424 g/mol. The number of aryl methyl sites for hydroxylation is 1. The van der Waals surface area contributed by atoms with Crippen LogP contribution in [0.15, 0.2) is 65.1 Å². The molecule has 0 aliphatic rings. The summed E-state index contributed by atoms with van der Waals surface area (Å²) in [6.45, 7) is 1.50. The first-order valence-electron chi connectivity index (χ1n) is 8.60. The minimum atomic E-state index is -0.481. The van der Waals surface area contributed by atoms with E-state index in [4.69, 9.17) is 9.47 Å². The predicted molar refractivity (Wildman–Crippen MR) is 110 cm³/mol. The Bertz CT molecular complexity index is 1000. The number of ether oxygens (including phenoxy) is 2. The van der Waals surface area contributed by atoms with E-state index in [9.17, 15) is 9.59 Å². The third kappa shape index (κ3) is 5.23. The van der Waals surface area contributed by atoms with E-state index in [0.29, 0.717) is 11.5 Å². The fourth-order valence-corrected chi connectivity index (χ4v) is 3.15. The Morgan fingerprint density at radius 3 is 2.21 bits per heavy atom. The molecular formula is C21H19BrN2O4. The molecule has 0 aliphatic heterocycles. The molecule has 6 nitrogen and oxygen atoms in total. The van der Waals surface area contributed by atoms with E-state index < -0.39 is 11.8 Å². The fraction of sp³-hybridized carbons (Fsp3) is 0.143. The van der Waals surface area contributed by atoms with Gasteiger partial charge in [0.2, 0.25) is 0 Å². The number of hydrogen-bond donors (Lipinski definition) is 2. The molecule has 0 atom stereocenters. The molecule has 0 saturated carbocycles. The Hall–Kier alpha value is -3.06. The van der Waals surface area contributed by atoms with E-state index >= 15 is 0 Å². The summed E-state index contributed by atoms with van der Waals surface area (Å²) in [5.41, 5.74) is 5.68. The highest BCUT2D eigenvalue weighted by Crippen LogP contribution is 2.26. The maximum Gasteiger partial charge on any atom is 0.276 e. The SMILES string of the molecule is Cc1ccc(OCC(=O)NNC(=O)COc2cccc3ccccc23)c(Br)c1. The minimum Gasteiger partial charge on any atom is -0.483 e. The molecule has 144 valence electrons. The van der Waals surface area contributed by atoms with Gasteiger partial charge in [0.15, 0.2) is 13.2 Å². The molecule has 0 aliphatic carbocycles. The van der Waals surface area contributed by atoms with Gasteiger partial charge >= 0.3 is 0 Å². The van der Waals surface area contributed by atoms with E-state index in [1.54, 1.807) is 12.1 Å². The second-order valence-electron chi connectivity index (χ2n) is 6.08. The van der Waals surface area contributed by atoms with Crippen molar-refractivity contribution < 1.29 is 19.1 Å². The summed E-state index contributed by atoms with van der Waals surface area (Å²) in [5, 5.41) is 1.94. The smallest absolute Gasteiger partial charge is 0.276 e. The lowest BCUT2D eigenvalue weighted by Crippen LogP contribution is -2.45. The van der Waals surface area contributed by atoms with Crippen molar-refractivity contribution >= 4 is 38.5 Å². The molecule has 2 N–H and O–H groups in total. The standard InChI is InChI=1S/C21H19BrN2O4/c1-14-9-10-19(17(22)11-14)28-13-21(26)24-23-20(25)12-27-18-8-4-6-15-5-2-3-7-16(15)18/h2-11H,12-13H2,1H3,(H,23,25)(H,24,26). The van der Waals surface area contributed by atoms with Crippen LogP contribution in [0, 0.1) is 6.92 Å². The normalized spacial score (nSPS) is 10.4. The van der Waals surface area contributed by atoms with Crippen molar-refractivity contribution in [3.8, 4) is 11.5 Å². The number of amides is 2. The van der Waals surface area contributed by atoms with Crippen LogP contribution in [0.5, 0.6) is 11.5 Å². The quantitative estimate of drug-likeness (QED) is 0.572. The van der Waals surface area contributed by atoms with Crippen LogP contribution < -0.4 is 20.3 Å². The van der Waals surface area contributed by atoms with Gasteiger partial charge in [0.1, 0.15) is 11.5 Å². The van der Waals surface area contributed by atoms with Crippen LogP contribution in [-0.4, -0.2) is 25.0 Å². The lowest BCUT2D eigenvalue weighted by molar-refractivity contribution is -0.130. The van der Waals surface area contributed by atoms with Crippen LogP contribution >= 0.6 is 15.9 Å². The van der Waals surface area contributed by atoms with Crippen LogP contribution in [0.3, 0.4) is 0 Å². The molecule has 3 aromatic rings. The zero-order valence-electron chi connectivity index (χ0n) is 15.2. The molecule has 0 unspecified atom stereocenters. The van der Waals surface area contributed by atoms with Crippen molar-refractivity contribution in [3.05, 3.63) is 70.7 Å². The second kappa shape index (κ2) is 9.23. The van der Waals surface area contributed by atoms with Gasteiger partial charge in [-0.05, 0) is 52.0 Å². The summed E-state index contributed by atoms with van der Waals surface area (Å²) >= 11 is 3.38. The second-order valence-corrected chi connectivity index (χ2v) is 6.94. The lowest BCUT2D eigenvalue weighted by atomic mass is 10.1. The molecule has 7 heteroatoms. The van der Waals surface area contributed by atoms with Crippen molar-refractivity contribution in [2.24, 2.45) is 0 Å². The monoisotopic (exact) mass is 442 g/mol. The summed E-state index contributed by atoms with van der Waals surface area (Å²) < 4.78 is 11.7. The molecule has 3 aromatic carbocycles. The van der Waals surface area contributed by atoms with Crippen molar-refractivity contribution in [2.75, 3.05) is 13.2 Å². The number of fused-ring (bicyclic) bond motifs is 1. The maximum absolute atomic E-state index is 11.9. The van der Waals surface area contributed by atoms with Crippen LogP contribution in [-0.2, 0) is 9.59 Å². The van der Waals surface area contributed by atoms with E-state index in [-0.39, 0.29) is 13.2 Å². The largest absolute Gasteiger partial charge is 0.483 e. The van der Waals surface area contributed by atoms with Gasteiger partial charge in [0.05, 0.1) is 4.47 Å². The first-order valence-corrected chi connectivity index (χ1v) is 9.39. The molecule has 3 rings (SSSR count). The zero-order valence-corrected chi connectivity index (χ0v) is 16.8. The number of nitrogens with one attached hydrogen (secondary N) is 2. The summed E-state index contributed by atoms with van der Waals surface area (Å²) in [6, 6.07) is 18.9. The maximum atomic E-state index is 11.9. The van der Waals surface area contributed by atoms with Crippen LogP contribution in [0.25, 0.3) is 10.8 Å². The third-order valence-electron chi connectivity index (χ3n) is 3.90. The van der Waals surface area contributed by atoms with Gasteiger partial charge in [-0.25, -0.2) is 0 Å². The van der Waals surface area contributed by atoms with E-state index in [1.807, 2.05) is 55.5 Å². The predicted octanol–water partition coefficient (Wildman–Crippen LogP) is 3.52. The number of rotatable bonds is 6. The summed E-state index contributed by atoms with van der Waals surface area (Å²) in [5.74, 6) is 0.197. The van der Waals surface area contributed by atoms with E-state index in [1.165, 1.54) is 0 Å². The Morgan fingerprint density at radius 2 is 1.50 bits per heavy atom.